The molecule has 0 spiro atoms. The van der Waals surface area contributed by atoms with Gasteiger partial charge in [0.05, 0.1) is 6.61 Å². The van der Waals surface area contributed by atoms with E-state index >= 15 is 0 Å². The number of aliphatic hydroxyl groups is 1. The van der Waals surface area contributed by atoms with Gasteiger partial charge in [-0.15, -0.1) is 11.8 Å². The minimum atomic E-state index is 0.0683. The fourth-order valence-corrected chi connectivity index (χ4v) is 3.49. The number of rotatable bonds is 2. The molecule has 16 heavy (non-hydrogen) atoms. The van der Waals surface area contributed by atoms with E-state index in [0.717, 1.165) is 25.1 Å². The Kier molecular flexibility index (Phi) is 2.60. The van der Waals surface area contributed by atoms with Crippen LogP contribution >= 0.6 is 11.8 Å². The quantitative estimate of drug-likeness (QED) is 0.826. The van der Waals surface area contributed by atoms with Crippen LogP contribution in [0.3, 0.4) is 0 Å². The first-order chi connectivity index (χ1) is 7.84. The molecule has 1 saturated carbocycles. The highest BCUT2D eigenvalue weighted by atomic mass is 32.2. The summed E-state index contributed by atoms with van der Waals surface area (Å²) in [5.41, 5.74) is 2.64. The van der Waals surface area contributed by atoms with Gasteiger partial charge in [-0.1, -0.05) is 12.5 Å². The zero-order chi connectivity index (χ0) is 11.0. The molecule has 0 bridgehead atoms. The van der Waals surface area contributed by atoms with Crippen molar-refractivity contribution >= 4 is 17.4 Å². The van der Waals surface area contributed by atoms with Crippen molar-refractivity contribution in [2.75, 3.05) is 24.2 Å². The van der Waals surface area contributed by atoms with Crippen LogP contribution in [0.15, 0.2) is 23.1 Å². The average molecular weight is 235 g/mol. The summed E-state index contributed by atoms with van der Waals surface area (Å²) in [6.07, 6.45) is 3.52. The van der Waals surface area contributed by atoms with Crippen LogP contribution in [0, 0.1) is 0 Å². The molecule has 1 aromatic carbocycles. The normalized spacial score (nSPS) is 21.8. The molecule has 0 amide bonds. The van der Waals surface area contributed by atoms with Gasteiger partial charge in [-0.3, -0.25) is 0 Å². The lowest BCUT2D eigenvalue weighted by Crippen LogP contribution is -2.38. The van der Waals surface area contributed by atoms with Crippen molar-refractivity contribution in [3.63, 3.8) is 0 Å². The van der Waals surface area contributed by atoms with E-state index in [-0.39, 0.29) is 5.41 Å². The van der Waals surface area contributed by atoms with E-state index < -0.39 is 0 Å². The van der Waals surface area contributed by atoms with Crippen molar-refractivity contribution in [3.05, 3.63) is 23.8 Å². The standard InChI is InChI=1S/C13H17NOS/c15-9-13(4-1-5-13)10-2-3-12-11(8-10)14-6-7-16-12/h2-3,8,14-15H,1,4-7,9H2. The van der Waals surface area contributed by atoms with Gasteiger partial charge >= 0.3 is 0 Å². The fourth-order valence-electron chi connectivity index (χ4n) is 2.61. The Labute approximate surface area is 100 Å². The maximum atomic E-state index is 9.57. The zero-order valence-electron chi connectivity index (χ0n) is 9.33. The second-order valence-corrected chi connectivity index (χ2v) is 5.91. The molecule has 1 aliphatic heterocycles. The van der Waals surface area contributed by atoms with Crippen LogP contribution in [-0.4, -0.2) is 24.0 Å². The molecular formula is C13H17NOS. The first-order valence-corrected chi connectivity index (χ1v) is 6.95. The molecule has 1 fully saturated rings. The van der Waals surface area contributed by atoms with Crippen LogP contribution in [0.2, 0.25) is 0 Å². The predicted octanol–water partition coefficient (Wildman–Crippen LogP) is 2.62. The van der Waals surface area contributed by atoms with Crippen LogP contribution in [0.25, 0.3) is 0 Å². The van der Waals surface area contributed by atoms with Gasteiger partial charge in [0.15, 0.2) is 0 Å². The molecule has 2 N–H and O–H groups in total. The summed E-state index contributed by atoms with van der Waals surface area (Å²) in [6.45, 7) is 1.34. The van der Waals surface area contributed by atoms with E-state index in [1.54, 1.807) is 0 Å². The molecule has 0 saturated heterocycles. The van der Waals surface area contributed by atoms with Gasteiger partial charge in [0, 0.05) is 28.3 Å². The summed E-state index contributed by atoms with van der Waals surface area (Å²) >= 11 is 1.92. The molecule has 3 rings (SSSR count). The molecule has 1 aliphatic carbocycles. The molecule has 0 unspecified atom stereocenters. The van der Waals surface area contributed by atoms with Crippen LogP contribution in [0.5, 0.6) is 0 Å². The molecule has 3 heteroatoms. The van der Waals surface area contributed by atoms with Crippen LogP contribution in [0.1, 0.15) is 24.8 Å². The van der Waals surface area contributed by atoms with Crippen molar-refractivity contribution in [2.45, 2.75) is 29.6 Å². The minimum Gasteiger partial charge on any atom is -0.395 e. The Hall–Kier alpha value is -0.670. The number of thioether (sulfide) groups is 1. The van der Waals surface area contributed by atoms with E-state index in [4.69, 9.17) is 0 Å². The molecule has 0 aromatic heterocycles. The topological polar surface area (TPSA) is 32.3 Å². The van der Waals surface area contributed by atoms with Crippen LogP contribution in [-0.2, 0) is 5.41 Å². The highest BCUT2D eigenvalue weighted by Gasteiger charge is 2.38. The number of nitrogens with one attached hydrogen (secondary N) is 1. The second-order valence-electron chi connectivity index (χ2n) is 4.78. The van der Waals surface area contributed by atoms with Gasteiger partial charge in [0.2, 0.25) is 0 Å². The Bertz CT molecular complexity index is 395. The maximum absolute atomic E-state index is 9.57. The Morgan fingerprint density at radius 2 is 2.25 bits per heavy atom. The number of fused-ring (bicyclic) bond motifs is 1. The smallest absolute Gasteiger partial charge is 0.0527 e. The molecule has 1 heterocycles. The van der Waals surface area contributed by atoms with Crippen LogP contribution < -0.4 is 5.32 Å². The number of hydrogen-bond donors (Lipinski definition) is 2. The SMILES string of the molecule is OCC1(c2ccc3c(c2)NCCS3)CCC1. The Morgan fingerprint density at radius 1 is 1.38 bits per heavy atom. The van der Waals surface area contributed by atoms with E-state index in [9.17, 15) is 5.11 Å². The Balaban J connectivity index is 1.96. The summed E-state index contributed by atoms with van der Waals surface area (Å²) in [7, 11) is 0. The summed E-state index contributed by atoms with van der Waals surface area (Å²) in [4.78, 5) is 1.35. The van der Waals surface area contributed by atoms with E-state index in [1.165, 1.54) is 22.6 Å². The second kappa shape index (κ2) is 3.97. The van der Waals surface area contributed by atoms with Gasteiger partial charge in [-0.05, 0) is 30.5 Å². The van der Waals surface area contributed by atoms with Crippen molar-refractivity contribution in [2.24, 2.45) is 0 Å². The molecule has 86 valence electrons. The lowest BCUT2D eigenvalue weighted by atomic mass is 9.65. The number of anilines is 1. The first kappa shape index (κ1) is 10.5. The lowest BCUT2D eigenvalue weighted by molar-refractivity contribution is 0.120. The molecule has 2 aliphatic rings. The largest absolute Gasteiger partial charge is 0.395 e. The third kappa shape index (κ3) is 1.54. The van der Waals surface area contributed by atoms with Crippen molar-refractivity contribution in [1.29, 1.82) is 0 Å². The lowest BCUT2D eigenvalue weighted by Gasteiger charge is -2.41. The van der Waals surface area contributed by atoms with Gasteiger partial charge in [-0.25, -0.2) is 0 Å². The van der Waals surface area contributed by atoms with Crippen molar-refractivity contribution in [1.82, 2.24) is 0 Å². The zero-order valence-corrected chi connectivity index (χ0v) is 10.1. The molecular weight excluding hydrogens is 218 g/mol. The summed E-state index contributed by atoms with van der Waals surface area (Å²) < 4.78 is 0. The van der Waals surface area contributed by atoms with Gasteiger partial charge < -0.3 is 10.4 Å². The monoisotopic (exact) mass is 235 g/mol. The predicted molar refractivity (Wildman–Crippen MR) is 68.3 cm³/mol. The van der Waals surface area contributed by atoms with Gasteiger partial charge in [0.1, 0.15) is 0 Å². The molecule has 1 aromatic rings. The summed E-state index contributed by atoms with van der Waals surface area (Å²) in [5.74, 6) is 1.15. The number of aliphatic hydroxyl groups excluding tert-OH is 1. The maximum Gasteiger partial charge on any atom is 0.0527 e. The third-order valence-electron chi connectivity index (χ3n) is 3.88. The highest BCUT2D eigenvalue weighted by molar-refractivity contribution is 7.99. The Morgan fingerprint density at radius 3 is 2.94 bits per heavy atom. The summed E-state index contributed by atoms with van der Waals surface area (Å²) in [5, 5.41) is 13.0. The first-order valence-electron chi connectivity index (χ1n) is 5.96. The third-order valence-corrected chi connectivity index (χ3v) is 4.96. The van der Waals surface area contributed by atoms with Crippen LogP contribution in [0.4, 0.5) is 5.69 Å². The van der Waals surface area contributed by atoms with Crippen molar-refractivity contribution < 1.29 is 5.11 Å². The molecule has 0 radical (unpaired) electrons. The van der Waals surface area contributed by atoms with Crippen molar-refractivity contribution in [3.8, 4) is 0 Å². The molecule has 2 nitrogen and oxygen atoms in total. The molecule has 0 atom stereocenters. The average Bonchev–Trinajstić information content (AvgIpc) is 2.28. The number of benzene rings is 1. The summed E-state index contributed by atoms with van der Waals surface area (Å²) in [6, 6.07) is 6.66. The number of hydrogen-bond acceptors (Lipinski definition) is 3. The minimum absolute atomic E-state index is 0.0683. The van der Waals surface area contributed by atoms with Gasteiger partial charge in [0.25, 0.3) is 0 Å². The van der Waals surface area contributed by atoms with E-state index in [1.807, 2.05) is 11.8 Å². The fraction of sp³-hybridized carbons (Fsp3) is 0.538. The van der Waals surface area contributed by atoms with E-state index in [2.05, 4.69) is 23.5 Å². The van der Waals surface area contributed by atoms with Gasteiger partial charge in [-0.2, -0.15) is 0 Å². The van der Waals surface area contributed by atoms with E-state index in [0.29, 0.717) is 6.61 Å². The highest BCUT2D eigenvalue weighted by Crippen LogP contribution is 2.45.